The van der Waals surface area contributed by atoms with Crippen LogP contribution in [0.4, 0.5) is 0 Å². The fraction of sp³-hybridized carbons (Fsp3) is 0.409. The van der Waals surface area contributed by atoms with Gasteiger partial charge in [-0.15, -0.1) is 0 Å². The summed E-state index contributed by atoms with van der Waals surface area (Å²) in [6.45, 7) is 7.37. The molecule has 140 valence electrons. The second kappa shape index (κ2) is 10.6. The van der Waals surface area contributed by atoms with Crippen LogP contribution in [0.3, 0.4) is 0 Å². The molecule has 0 aromatic heterocycles. The second-order valence-electron chi connectivity index (χ2n) is 6.11. The first-order chi connectivity index (χ1) is 12.7. The molecule has 2 aromatic carbocycles. The van der Waals surface area contributed by atoms with Gasteiger partial charge in [-0.2, -0.15) is 0 Å². The maximum atomic E-state index is 12.4. The van der Waals surface area contributed by atoms with Crippen LogP contribution in [0.2, 0.25) is 0 Å². The number of unbranched alkanes of at least 4 members (excludes halogenated alkanes) is 2. The monoisotopic (exact) mass is 356 g/mol. The quantitative estimate of drug-likeness (QED) is 0.317. The highest BCUT2D eigenvalue weighted by Crippen LogP contribution is 2.28. The Morgan fingerprint density at radius 1 is 0.962 bits per heavy atom. The molecule has 0 aliphatic heterocycles. The van der Waals surface area contributed by atoms with E-state index < -0.39 is 5.97 Å². The molecule has 0 aliphatic carbocycles. The fourth-order valence-corrected chi connectivity index (χ4v) is 2.58. The SMILES string of the molecule is CCCCCOc1ccccc1OC(=O)c1ccc(C(C)OCC)cc1. The van der Waals surface area contributed by atoms with Crippen molar-refractivity contribution in [3.8, 4) is 11.5 Å². The zero-order valence-corrected chi connectivity index (χ0v) is 15.9. The van der Waals surface area contributed by atoms with E-state index in [4.69, 9.17) is 14.2 Å². The molecule has 0 amide bonds. The number of carbonyl (C=O) groups excluding carboxylic acids is 1. The van der Waals surface area contributed by atoms with Crippen LogP contribution >= 0.6 is 0 Å². The highest BCUT2D eigenvalue weighted by atomic mass is 16.6. The number of rotatable bonds is 10. The number of carbonyl (C=O) groups is 1. The molecule has 2 aromatic rings. The molecule has 0 saturated heterocycles. The summed E-state index contributed by atoms with van der Waals surface area (Å²) in [5.41, 5.74) is 1.53. The number of esters is 1. The van der Waals surface area contributed by atoms with Crippen molar-refractivity contribution in [3.63, 3.8) is 0 Å². The number of para-hydroxylation sites is 2. The Morgan fingerprint density at radius 2 is 1.65 bits per heavy atom. The topological polar surface area (TPSA) is 44.8 Å². The Balaban J connectivity index is 2.01. The molecule has 2 rings (SSSR count). The summed E-state index contributed by atoms with van der Waals surface area (Å²) >= 11 is 0. The molecule has 0 N–H and O–H groups in total. The molecule has 0 saturated carbocycles. The molecule has 0 bridgehead atoms. The largest absolute Gasteiger partial charge is 0.490 e. The summed E-state index contributed by atoms with van der Waals surface area (Å²) in [5, 5.41) is 0. The molecular weight excluding hydrogens is 328 g/mol. The molecule has 0 radical (unpaired) electrons. The van der Waals surface area contributed by atoms with Gasteiger partial charge in [0.2, 0.25) is 0 Å². The number of hydrogen-bond donors (Lipinski definition) is 0. The summed E-state index contributed by atoms with van der Waals surface area (Å²) in [6, 6.07) is 14.6. The lowest BCUT2D eigenvalue weighted by molar-refractivity contribution is 0.0723. The van der Waals surface area contributed by atoms with E-state index in [0.29, 0.717) is 30.3 Å². The van der Waals surface area contributed by atoms with Crippen molar-refractivity contribution in [2.45, 2.75) is 46.1 Å². The summed E-state index contributed by atoms with van der Waals surface area (Å²) < 4.78 is 16.9. The lowest BCUT2D eigenvalue weighted by atomic mass is 10.1. The van der Waals surface area contributed by atoms with Gasteiger partial charge in [0.1, 0.15) is 0 Å². The zero-order chi connectivity index (χ0) is 18.8. The first-order valence-corrected chi connectivity index (χ1v) is 9.31. The maximum Gasteiger partial charge on any atom is 0.343 e. The number of ether oxygens (including phenoxy) is 3. The van der Waals surface area contributed by atoms with E-state index >= 15 is 0 Å². The fourth-order valence-electron chi connectivity index (χ4n) is 2.58. The summed E-state index contributed by atoms with van der Waals surface area (Å²) in [5.74, 6) is 0.643. The van der Waals surface area contributed by atoms with Gasteiger partial charge in [0.25, 0.3) is 0 Å². The maximum absolute atomic E-state index is 12.4. The van der Waals surface area contributed by atoms with Crippen molar-refractivity contribution >= 4 is 5.97 Å². The van der Waals surface area contributed by atoms with Crippen LogP contribution in [0.1, 0.15) is 62.1 Å². The molecule has 26 heavy (non-hydrogen) atoms. The Labute approximate surface area is 156 Å². The van der Waals surface area contributed by atoms with E-state index in [2.05, 4.69) is 6.92 Å². The van der Waals surface area contributed by atoms with Gasteiger partial charge in [-0.3, -0.25) is 0 Å². The normalized spacial score (nSPS) is 11.8. The molecule has 0 aliphatic rings. The molecule has 0 fully saturated rings. The van der Waals surface area contributed by atoms with Gasteiger partial charge in [-0.25, -0.2) is 4.79 Å². The summed E-state index contributed by atoms with van der Waals surface area (Å²) in [6.07, 6.45) is 3.24. The van der Waals surface area contributed by atoms with Crippen molar-refractivity contribution in [2.75, 3.05) is 13.2 Å². The molecule has 4 heteroatoms. The highest BCUT2D eigenvalue weighted by Gasteiger charge is 2.13. The minimum Gasteiger partial charge on any atom is -0.490 e. The third kappa shape index (κ3) is 5.88. The lowest BCUT2D eigenvalue weighted by Crippen LogP contribution is -2.10. The summed E-state index contributed by atoms with van der Waals surface area (Å²) in [7, 11) is 0. The standard InChI is InChI=1S/C22H28O4/c1-4-6-9-16-25-20-10-7-8-11-21(20)26-22(23)19-14-12-18(13-15-19)17(3)24-5-2/h7-8,10-15,17H,4-6,9,16H2,1-3H3. The Bertz CT molecular complexity index is 679. The van der Waals surface area contributed by atoms with Gasteiger partial charge in [-0.1, -0.05) is 44.0 Å². The van der Waals surface area contributed by atoms with Gasteiger partial charge < -0.3 is 14.2 Å². The van der Waals surface area contributed by atoms with E-state index in [0.717, 1.165) is 24.8 Å². The van der Waals surface area contributed by atoms with Crippen LogP contribution < -0.4 is 9.47 Å². The number of benzene rings is 2. The van der Waals surface area contributed by atoms with Gasteiger partial charge in [0.05, 0.1) is 18.3 Å². The first-order valence-electron chi connectivity index (χ1n) is 9.31. The minimum absolute atomic E-state index is 0.00215. The molecule has 0 spiro atoms. The third-order valence-electron chi connectivity index (χ3n) is 4.09. The van der Waals surface area contributed by atoms with E-state index in [1.54, 1.807) is 18.2 Å². The Kier molecular flexibility index (Phi) is 8.16. The van der Waals surface area contributed by atoms with Crippen LogP contribution in [0.25, 0.3) is 0 Å². The van der Waals surface area contributed by atoms with E-state index in [1.807, 2.05) is 44.2 Å². The lowest BCUT2D eigenvalue weighted by Gasteiger charge is -2.13. The zero-order valence-electron chi connectivity index (χ0n) is 15.9. The van der Waals surface area contributed by atoms with Crippen LogP contribution in [0, 0.1) is 0 Å². The molecule has 0 heterocycles. The average molecular weight is 356 g/mol. The molecule has 1 unspecified atom stereocenters. The van der Waals surface area contributed by atoms with Gasteiger partial charge in [-0.05, 0) is 50.1 Å². The van der Waals surface area contributed by atoms with Gasteiger partial charge in [0, 0.05) is 6.61 Å². The third-order valence-corrected chi connectivity index (χ3v) is 4.09. The predicted octanol–water partition coefficient (Wildman–Crippen LogP) is 5.57. The molecular formula is C22H28O4. The first kappa shape index (κ1) is 20.0. The van der Waals surface area contributed by atoms with Gasteiger partial charge >= 0.3 is 5.97 Å². The van der Waals surface area contributed by atoms with Crippen molar-refractivity contribution in [2.24, 2.45) is 0 Å². The van der Waals surface area contributed by atoms with Crippen LogP contribution in [0.15, 0.2) is 48.5 Å². The van der Waals surface area contributed by atoms with E-state index in [1.165, 1.54) is 0 Å². The van der Waals surface area contributed by atoms with Crippen LogP contribution in [-0.2, 0) is 4.74 Å². The highest BCUT2D eigenvalue weighted by molar-refractivity contribution is 5.91. The molecule has 4 nitrogen and oxygen atoms in total. The van der Waals surface area contributed by atoms with Crippen molar-refractivity contribution in [1.82, 2.24) is 0 Å². The average Bonchev–Trinajstić information content (AvgIpc) is 2.66. The van der Waals surface area contributed by atoms with E-state index in [-0.39, 0.29) is 6.10 Å². The van der Waals surface area contributed by atoms with E-state index in [9.17, 15) is 4.79 Å². The van der Waals surface area contributed by atoms with Crippen LogP contribution in [-0.4, -0.2) is 19.2 Å². The number of hydrogen-bond acceptors (Lipinski definition) is 4. The summed E-state index contributed by atoms with van der Waals surface area (Å²) in [4.78, 5) is 12.4. The molecule has 1 atom stereocenters. The van der Waals surface area contributed by atoms with Crippen molar-refractivity contribution in [1.29, 1.82) is 0 Å². The van der Waals surface area contributed by atoms with Gasteiger partial charge in [0.15, 0.2) is 11.5 Å². The predicted molar refractivity (Wildman–Crippen MR) is 103 cm³/mol. The Hall–Kier alpha value is -2.33. The van der Waals surface area contributed by atoms with Crippen molar-refractivity contribution < 1.29 is 19.0 Å². The van der Waals surface area contributed by atoms with Crippen molar-refractivity contribution in [3.05, 3.63) is 59.7 Å². The van der Waals surface area contributed by atoms with Crippen LogP contribution in [0.5, 0.6) is 11.5 Å². The second-order valence-corrected chi connectivity index (χ2v) is 6.11. The minimum atomic E-state index is -0.398. The smallest absolute Gasteiger partial charge is 0.343 e. The Morgan fingerprint density at radius 3 is 2.31 bits per heavy atom.